The Morgan fingerprint density at radius 3 is 3.00 bits per heavy atom. The summed E-state index contributed by atoms with van der Waals surface area (Å²) in [5, 5.41) is 4.64. The first kappa shape index (κ1) is 11.3. The van der Waals surface area contributed by atoms with Crippen molar-refractivity contribution in [2.24, 2.45) is 0 Å². The first-order valence-corrected chi connectivity index (χ1v) is 6.18. The molecule has 0 unspecified atom stereocenters. The molecule has 82 valence electrons. The van der Waals surface area contributed by atoms with Crippen molar-refractivity contribution in [2.45, 2.75) is 10.1 Å². The van der Waals surface area contributed by atoms with E-state index in [0.717, 1.165) is 20.3 Å². The predicted molar refractivity (Wildman–Crippen MR) is 67.6 cm³/mol. The highest BCUT2D eigenvalue weighted by Gasteiger charge is 2.05. The molecule has 6 heteroatoms. The van der Waals surface area contributed by atoms with Crippen LogP contribution in [-0.2, 0) is 0 Å². The van der Waals surface area contributed by atoms with Crippen LogP contribution in [-0.4, -0.2) is 22.0 Å². The van der Waals surface area contributed by atoms with Gasteiger partial charge in [0.25, 0.3) is 0 Å². The van der Waals surface area contributed by atoms with Gasteiger partial charge in [-0.2, -0.15) is 0 Å². The molecule has 1 N–H and O–H groups in total. The van der Waals surface area contributed by atoms with E-state index in [4.69, 9.17) is 0 Å². The molecule has 0 saturated carbocycles. The van der Waals surface area contributed by atoms with Crippen molar-refractivity contribution in [1.82, 2.24) is 15.0 Å². The van der Waals surface area contributed by atoms with E-state index in [1.54, 1.807) is 18.6 Å². The second-order valence-corrected chi connectivity index (χ2v) is 4.75. The third-order valence-electron chi connectivity index (χ3n) is 1.79. The molecule has 0 atom stereocenters. The lowest BCUT2D eigenvalue weighted by Crippen LogP contribution is -1.94. The van der Waals surface area contributed by atoms with E-state index in [2.05, 4.69) is 36.2 Å². The lowest BCUT2D eigenvalue weighted by molar-refractivity contribution is 1.04. The molecule has 2 aromatic heterocycles. The fraction of sp³-hybridized carbons (Fsp3) is 0.100. The van der Waals surface area contributed by atoms with E-state index in [1.165, 1.54) is 11.8 Å². The highest BCUT2D eigenvalue weighted by molar-refractivity contribution is 9.10. The van der Waals surface area contributed by atoms with Crippen molar-refractivity contribution in [3.8, 4) is 0 Å². The van der Waals surface area contributed by atoms with Gasteiger partial charge in [0.05, 0.1) is 16.9 Å². The topological polar surface area (TPSA) is 50.7 Å². The Kier molecular flexibility index (Phi) is 3.74. The molecule has 0 aliphatic carbocycles. The summed E-state index contributed by atoms with van der Waals surface area (Å²) in [5.41, 5.74) is 0. The van der Waals surface area contributed by atoms with E-state index < -0.39 is 0 Å². The maximum atomic E-state index is 4.36. The van der Waals surface area contributed by atoms with Gasteiger partial charge in [0.15, 0.2) is 0 Å². The molecule has 2 aromatic rings. The minimum atomic E-state index is 0.747. The van der Waals surface area contributed by atoms with E-state index in [1.807, 2.05) is 19.2 Å². The summed E-state index contributed by atoms with van der Waals surface area (Å²) in [6, 6.07) is 3.83. The van der Waals surface area contributed by atoms with Gasteiger partial charge in [-0.1, -0.05) is 0 Å². The van der Waals surface area contributed by atoms with Gasteiger partial charge in [0.1, 0.15) is 15.9 Å². The number of pyridine rings is 1. The lowest BCUT2D eigenvalue weighted by Gasteiger charge is -2.03. The summed E-state index contributed by atoms with van der Waals surface area (Å²) in [5.74, 6) is 0.747. The van der Waals surface area contributed by atoms with E-state index in [9.17, 15) is 0 Å². The molecule has 0 aromatic carbocycles. The number of rotatable bonds is 3. The van der Waals surface area contributed by atoms with Crippen molar-refractivity contribution in [3.05, 3.63) is 35.2 Å². The Balaban J connectivity index is 2.24. The summed E-state index contributed by atoms with van der Waals surface area (Å²) in [6.07, 6.45) is 5.15. The molecule has 4 nitrogen and oxygen atoms in total. The Labute approximate surface area is 106 Å². The van der Waals surface area contributed by atoms with Gasteiger partial charge in [-0.3, -0.25) is 4.98 Å². The SMILES string of the molecule is CNc1cncc(Sc2ncccc2Br)n1. The Hall–Kier alpha value is -1.14. The van der Waals surface area contributed by atoms with Crippen molar-refractivity contribution >= 4 is 33.5 Å². The Morgan fingerprint density at radius 1 is 1.38 bits per heavy atom. The second kappa shape index (κ2) is 5.27. The maximum absolute atomic E-state index is 4.36. The number of hydrogen-bond acceptors (Lipinski definition) is 5. The smallest absolute Gasteiger partial charge is 0.145 e. The third-order valence-corrected chi connectivity index (χ3v) is 3.62. The first-order valence-electron chi connectivity index (χ1n) is 4.58. The summed E-state index contributed by atoms with van der Waals surface area (Å²) in [6.45, 7) is 0. The van der Waals surface area contributed by atoms with Crippen LogP contribution in [0.2, 0.25) is 0 Å². The van der Waals surface area contributed by atoms with E-state index in [0.29, 0.717) is 0 Å². The van der Waals surface area contributed by atoms with Crippen LogP contribution in [0, 0.1) is 0 Å². The van der Waals surface area contributed by atoms with Gasteiger partial charge < -0.3 is 5.32 Å². The van der Waals surface area contributed by atoms with Gasteiger partial charge in [-0.25, -0.2) is 9.97 Å². The van der Waals surface area contributed by atoms with Crippen LogP contribution < -0.4 is 5.32 Å². The van der Waals surface area contributed by atoms with E-state index >= 15 is 0 Å². The minimum Gasteiger partial charge on any atom is -0.372 e. The highest BCUT2D eigenvalue weighted by atomic mass is 79.9. The first-order chi connectivity index (χ1) is 7.79. The van der Waals surface area contributed by atoms with Crippen molar-refractivity contribution in [1.29, 1.82) is 0 Å². The van der Waals surface area contributed by atoms with Crippen LogP contribution in [0.25, 0.3) is 0 Å². The molecule has 0 aliphatic rings. The monoisotopic (exact) mass is 296 g/mol. The zero-order valence-corrected chi connectivity index (χ0v) is 10.9. The number of hydrogen-bond donors (Lipinski definition) is 1. The molecule has 0 amide bonds. The molecular weight excluding hydrogens is 288 g/mol. The Morgan fingerprint density at radius 2 is 2.25 bits per heavy atom. The normalized spacial score (nSPS) is 10.1. The van der Waals surface area contributed by atoms with Gasteiger partial charge in [-0.05, 0) is 39.8 Å². The number of aromatic nitrogens is 3. The van der Waals surface area contributed by atoms with Crippen LogP contribution in [0.15, 0.2) is 45.2 Å². The molecule has 2 heterocycles. The van der Waals surface area contributed by atoms with Crippen molar-refractivity contribution in [2.75, 3.05) is 12.4 Å². The Bertz CT molecular complexity index is 492. The predicted octanol–water partition coefficient (Wildman–Crippen LogP) is 2.83. The number of nitrogens with zero attached hydrogens (tertiary/aromatic N) is 3. The average Bonchev–Trinajstić information content (AvgIpc) is 2.32. The maximum Gasteiger partial charge on any atom is 0.145 e. The second-order valence-electron chi connectivity index (χ2n) is 2.88. The number of nitrogens with one attached hydrogen (secondary N) is 1. The number of anilines is 1. The standard InChI is InChI=1S/C10H9BrN4S/c1-12-8-5-13-6-9(15-8)16-10-7(11)3-2-4-14-10/h2-6H,1H3,(H,12,15). The molecule has 0 radical (unpaired) electrons. The molecule has 0 spiro atoms. The van der Waals surface area contributed by atoms with Gasteiger partial charge in [-0.15, -0.1) is 0 Å². The van der Waals surface area contributed by atoms with Gasteiger partial charge in [0.2, 0.25) is 0 Å². The highest BCUT2D eigenvalue weighted by Crippen LogP contribution is 2.30. The zero-order chi connectivity index (χ0) is 11.4. The lowest BCUT2D eigenvalue weighted by atomic mass is 10.5. The van der Waals surface area contributed by atoms with Crippen molar-refractivity contribution < 1.29 is 0 Å². The van der Waals surface area contributed by atoms with Gasteiger partial charge in [0, 0.05) is 13.2 Å². The summed E-state index contributed by atoms with van der Waals surface area (Å²) < 4.78 is 0.955. The van der Waals surface area contributed by atoms with Crippen LogP contribution in [0.3, 0.4) is 0 Å². The summed E-state index contributed by atoms with van der Waals surface area (Å²) >= 11 is 4.91. The third kappa shape index (κ3) is 2.70. The van der Waals surface area contributed by atoms with E-state index in [-0.39, 0.29) is 0 Å². The summed E-state index contributed by atoms with van der Waals surface area (Å²) in [7, 11) is 1.81. The molecule has 0 fully saturated rings. The summed E-state index contributed by atoms with van der Waals surface area (Å²) in [4.78, 5) is 12.7. The number of halogens is 1. The fourth-order valence-electron chi connectivity index (χ4n) is 1.06. The molecule has 2 rings (SSSR count). The molecule has 0 saturated heterocycles. The quantitative estimate of drug-likeness (QED) is 0.944. The molecule has 0 aliphatic heterocycles. The molecular formula is C10H9BrN4S. The van der Waals surface area contributed by atoms with Crippen LogP contribution in [0.4, 0.5) is 5.82 Å². The van der Waals surface area contributed by atoms with Crippen LogP contribution >= 0.6 is 27.7 Å². The molecule has 16 heavy (non-hydrogen) atoms. The van der Waals surface area contributed by atoms with Crippen LogP contribution in [0.5, 0.6) is 0 Å². The molecule has 0 bridgehead atoms. The fourth-order valence-corrected chi connectivity index (χ4v) is 2.30. The zero-order valence-electron chi connectivity index (χ0n) is 8.51. The average molecular weight is 297 g/mol. The largest absolute Gasteiger partial charge is 0.372 e. The van der Waals surface area contributed by atoms with Gasteiger partial charge >= 0.3 is 0 Å². The minimum absolute atomic E-state index is 0.747. The van der Waals surface area contributed by atoms with Crippen LogP contribution in [0.1, 0.15) is 0 Å². The van der Waals surface area contributed by atoms with Crippen molar-refractivity contribution in [3.63, 3.8) is 0 Å².